The fourth-order valence-corrected chi connectivity index (χ4v) is 3.98. The predicted molar refractivity (Wildman–Crippen MR) is 110 cm³/mol. The Labute approximate surface area is 160 Å². The van der Waals surface area contributed by atoms with Crippen LogP contribution in [-0.4, -0.2) is 70.8 Å². The number of sulfonamides is 1. The normalized spacial score (nSPS) is 17.2. The van der Waals surface area contributed by atoms with E-state index in [4.69, 9.17) is 0 Å². The van der Waals surface area contributed by atoms with E-state index in [1.165, 1.54) is 6.42 Å². The van der Waals surface area contributed by atoms with Gasteiger partial charge in [-0.2, -0.15) is 0 Å². The summed E-state index contributed by atoms with van der Waals surface area (Å²) >= 11 is 0. The molecule has 8 heteroatoms. The van der Waals surface area contributed by atoms with Crippen LogP contribution in [0.1, 0.15) is 52.9 Å². The molecule has 0 aromatic rings. The van der Waals surface area contributed by atoms with E-state index >= 15 is 0 Å². The highest BCUT2D eigenvalue weighted by Gasteiger charge is 2.20. The number of hydrogen-bond acceptors (Lipinski definition) is 4. The van der Waals surface area contributed by atoms with E-state index in [1.54, 1.807) is 7.05 Å². The number of nitrogens with zero attached hydrogens (tertiary/aromatic N) is 2. The lowest BCUT2D eigenvalue weighted by molar-refractivity contribution is 0.292. The van der Waals surface area contributed by atoms with Gasteiger partial charge in [-0.3, -0.25) is 4.99 Å². The summed E-state index contributed by atoms with van der Waals surface area (Å²) in [5.74, 6) is 1.26. The van der Waals surface area contributed by atoms with Gasteiger partial charge in [0.25, 0.3) is 0 Å². The Morgan fingerprint density at radius 3 is 2.50 bits per heavy atom. The second-order valence-electron chi connectivity index (χ2n) is 7.18. The fourth-order valence-electron chi connectivity index (χ4n) is 2.98. The molecule has 0 aliphatic heterocycles. The van der Waals surface area contributed by atoms with Gasteiger partial charge in [0.1, 0.15) is 0 Å². The molecule has 1 rings (SSSR count). The maximum atomic E-state index is 12.0. The zero-order valence-electron chi connectivity index (χ0n) is 17.1. The van der Waals surface area contributed by atoms with E-state index in [9.17, 15) is 8.42 Å². The summed E-state index contributed by atoms with van der Waals surface area (Å²) in [5.41, 5.74) is 0. The SMILES string of the molecule is CCN(CC)CCCC(C)NC(=NC)NCCS(=O)(=O)NCC1CCC1. The van der Waals surface area contributed by atoms with Crippen molar-refractivity contribution in [1.29, 1.82) is 0 Å². The molecule has 0 spiro atoms. The van der Waals surface area contributed by atoms with Crippen molar-refractivity contribution in [2.75, 3.05) is 45.5 Å². The molecule has 0 saturated heterocycles. The van der Waals surface area contributed by atoms with Crippen molar-refractivity contribution >= 4 is 16.0 Å². The lowest BCUT2D eigenvalue weighted by atomic mass is 9.86. The van der Waals surface area contributed by atoms with E-state index in [2.05, 4.69) is 46.0 Å². The maximum absolute atomic E-state index is 12.0. The van der Waals surface area contributed by atoms with Crippen molar-refractivity contribution in [3.05, 3.63) is 0 Å². The van der Waals surface area contributed by atoms with Crippen molar-refractivity contribution < 1.29 is 8.42 Å². The minimum atomic E-state index is -3.22. The molecular weight excluding hydrogens is 350 g/mol. The highest BCUT2D eigenvalue weighted by Crippen LogP contribution is 2.25. The molecule has 3 N–H and O–H groups in total. The maximum Gasteiger partial charge on any atom is 0.213 e. The molecule has 1 atom stereocenters. The molecule has 26 heavy (non-hydrogen) atoms. The Balaban J connectivity index is 2.20. The summed E-state index contributed by atoms with van der Waals surface area (Å²) in [7, 11) is -1.51. The van der Waals surface area contributed by atoms with E-state index < -0.39 is 10.0 Å². The number of hydrogen-bond donors (Lipinski definition) is 3. The van der Waals surface area contributed by atoms with Gasteiger partial charge in [-0.1, -0.05) is 20.3 Å². The number of nitrogens with one attached hydrogen (secondary N) is 3. The quantitative estimate of drug-likeness (QED) is 0.327. The van der Waals surface area contributed by atoms with Gasteiger partial charge in [-0.25, -0.2) is 13.1 Å². The Morgan fingerprint density at radius 1 is 1.27 bits per heavy atom. The largest absolute Gasteiger partial charge is 0.355 e. The average Bonchev–Trinajstić information content (AvgIpc) is 2.56. The molecule has 0 bridgehead atoms. The molecule has 7 nitrogen and oxygen atoms in total. The van der Waals surface area contributed by atoms with Crippen LogP contribution in [-0.2, 0) is 10.0 Å². The van der Waals surface area contributed by atoms with Crippen LogP contribution in [0.15, 0.2) is 4.99 Å². The molecule has 1 saturated carbocycles. The van der Waals surface area contributed by atoms with Gasteiger partial charge in [0.15, 0.2) is 5.96 Å². The van der Waals surface area contributed by atoms with Crippen LogP contribution < -0.4 is 15.4 Å². The molecule has 0 aromatic heterocycles. The van der Waals surface area contributed by atoms with Gasteiger partial charge in [-0.15, -0.1) is 0 Å². The van der Waals surface area contributed by atoms with Gasteiger partial charge in [0.2, 0.25) is 10.0 Å². The molecule has 1 aliphatic rings. The summed E-state index contributed by atoms with van der Waals surface area (Å²) < 4.78 is 26.7. The highest BCUT2D eigenvalue weighted by molar-refractivity contribution is 7.89. The van der Waals surface area contributed by atoms with Crippen molar-refractivity contribution in [1.82, 2.24) is 20.3 Å². The number of guanidine groups is 1. The highest BCUT2D eigenvalue weighted by atomic mass is 32.2. The topological polar surface area (TPSA) is 85.8 Å². The molecule has 0 heterocycles. The van der Waals surface area contributed by atoms with Gasteiger partial charge < -0.3 is 15.5 Å². The van der Waals surface area contributed by atoms with E-state index in [0.717, 1.165) is 45.3 Å². The standard InChI is InChI=1S/C18H39N5O2S/c1-5-23(6-2)13-8-9-16(3)22-18(19-4)20-12-14-26(24,25)21-15-17-10-7-11-17/h16-17,21H,5-15H2,1-4H3,(H2,19,20,22). The smallest absolute Gasteiger partial charge is 0.213 e. The Hall–Kier alpha value is -0.860. The lowest BCUT2D eigenvalue weighted by Gasteiger charge is -2.25. The first-order valence-corrected chi connectivity index (χ1v) is 11.7. The summed E-state index contributed by atoms with van der Waals surface area (Å²) in [6.45, 7) is 10.7. The monoisotopic (exact) mass is 389 g/mol. The van der Waals surface area contributed by atoms with Crippen LogP contribution in [0.4, 0.5) is 0 Å². The third-order valence-electron chi connectivity index (χ3n) is 5.09. The van der Waals surface area contributed by atoms with Crippen LogP contribution in [0.25, 0.3) is 0 Å². The van der Waals surface area contributed by atoms with Crippen LogP contribution in [0.3, 0.4) is 0 Å². The zero-order chi connectivity index (χ0) is 19.4. The third-order valence-corrected chi connectivity index (χ3v) is 6.44. The lowest BCUT2D eigenvalue weighted by Crippen LogP contribution is -2.45. The van der Waals surface area contributed by atoms with Crippen molar-refractivity contribution in [3.63, 3.8) is 0 Å². The van der Waals surface area contributed by atoms with Gasteiger partial charge in [0, 0.05) is 26.2 Å². The summed E-state index contributed by atoms with van der Waals surface area (Å²) in [6, 6.07) is 0.296. The van der Waals surface area contributed by atoms with Crippen molar-refractivity contribution in [3.8, 4) is 0 Å². The van der Waals surface area contributed by atoms with E-state index in [0.29, 0.717) is 31.0 Å². The number of aliphatic imine (C=N–C) groups is 1. The summed E-state index contributed by atoms with van der Waals surface area (Å²) in [4.78, 5) is 6.61. The van der Waals surface area contributed by atoms with Crippen LogP contribution in [0.5, 0.6) is 0 Å². The Morgan fingerprint density at radius 2 is 1.96 bits per heavy atom. The molecule has 0 aromatic carbocycles. The fraction of sp³-hybridized carbons (Fsp3) is 0.944. The first kappa shape index (κ1) is 23.2. The minimum absolute atomic E-state index is 0.0662. The average molecular weight is 390 g/mol. The van der Waals surface area contributed by atoms with E-state index in [1.807, 2.05) is 0 Å². The molecule has 1 aliphatic carbocycles. The predicted octanol–water partition coefficient (Wildman–Crippen LogP) is 1.38. The molecule has 0 radical (unpaired) electrons. The van der Waals surface area contributed by atoms with Gasteiger partial charge in [0.05, 0.1) is 5.75 Å². The van der Waals surface area contributed by atoms with Gasteiger partial charge in [-0.05, 0) is 58.2 Å². The molecule has 154 valence electrons. The van der Waals surface area contributed by atoms with Crippen LogP contribution >= 0.6 is 0 Å². The second-order valence-corrected chi connectivity index (χ2v) is 9.10. The third kappa shape index (κ3) is 9.73. The molecule has 1 fully saturated rings. The zero-order valence-corrected chi connectivity index (χ0v) is 17.9. The van der Waals surface area contributed by atoms with Crippen molar-refractivity contribution in [2.45, 2.75) is 58.9 Å². The molecule has 0 amide bonds. The first-order valence-electron chi connectivity index (χ1n) is 10.1. The van der Waals surface area contributed by atoms with Crippen molar-refractivity contribution in [2.24, 2.45) is 10.9 Å². The molecule has 1 unspecified atom stereocenters. The van der Waals surface area contributed by atoms with E-state index in [-0.39, 0.29) is 5.75 Å². The van der Waals surface area contributed by atoms with Crippen LogP contribution in [0.2, 0.25) is 0 Å². The summed E-state index contributed by atoms with van der Waals surface area (Å²) in [5, 5.41) is 6.44. The van der Waals surface area contributed by atoms with Crippen LogP contribution in [0, 0.1) is 5.92 Å². The molecular formula is C18H39N5O2S. The first-order chi connectivity index (χ1) is 12.4. The summed E-state index contributed by atoms with van der Waals surface area (Å²) in [6.07, 6.45) is 5.70. The number of rotatable bonds is 13. The Kier molecular flexibility index (Phi) is 11.2. The van der Waals surface area contributed by atoms with Gasteiger partial charge >= 0.3 is 0 Å². The minimum Gasteiger partial charge on any atom is -0.355 e. The Bertz CT molecular complexity index is 502. The second kappa shape index (κ2) is 12.5.